The molecule has 0 aliphatic carbocycles. The van der Waals surface area contributed by atoms with Crippen molar-refractivity contribution in [2.75, 3.05) is 26.7 Å². The van der Waals surface area contributed by atoms with Crippen LogP contribution in [0, 0.1) is 0 Å². The standard InChI is InChI=1S/C14H26N4O2S/c1-3-6-15-10-13-9-14(11-16-13)21(19,20)17-12-4-7-18(2)8-5-12/h9,11-12,15-17H,3-8,10H2,1-2H3. The van der Waals surface area contributed by atoms with E-state index in [0.717, 1.165) is 44.6 Å². The summed E-state index contributed by atoms with van der Waals surface area (Å²) in [4.78, 5) is 5.57. The zero-order valence-corrected chi connectivity index (χ0v) is 13.7. The Balaban J connectivity index is 1.93. The van der Waals surface area contributed by atoms with Crippen LogP contribution < -0.4 is 10.0 Å². The van der Waals surface area contributed by atoms with Crippen molar-refractivity contribution >= 4 is 10.0 Å². The summed E-state index contributed by atoms with van der Waals surface area (Å²) in [7, 11) is -1.35. The van der Waals surface area contributed by atoms with Crippen LogP contribution in [0.25, 0.3) is 0 Å². The number of hydrogen-bond donors (Lipinski definition) is 3. The SMILES string of the molecule is CCCNCc1cc(S(=O)(=O)NC2CCN(C)CC2)c[nH]1. The molecule has 0 bridgehead atoms. The van der Waals surface area contributed by atoms with Gasteiger partial charge in [0.1, 0.15) is 0 Å². The van der Waals surface area contributed by atoms with E-state index in [4.69, 9.17) is 0 Å². The molecule has 0 saturated carbocycles. The molecule has 0 unspecified atom stereocenters. The third-order valence-electron chi connectivity index (χ3n) is 3.81. The van der Waals surface area contributed by atoms with Crippen molar-refractivity contribution in [2.24, 2.45) is 0 Å². The number of nitrogens with one attached hydrogen (secondary N) is 3. The Kier molecular flexibility index (Phi) is 5.80. The van der Waals surface area contributed by atoms with Crippen LogP contribution in [0.15, 0.2) is 17.2 Å². The zero-order chi connectivity index (χ0) is 15.3. The molecule has 6 nitrogen and oxygen atoms in total. The number of sulfonamides is 1. The molecular weight excluding hydrogens is 288 g/mol. The number of piperidine rings is 1. The Morgan fingerprint density at radius 3 is 2.76 bits per heavy atom. The first-order chi connectivity index (χ1) is 10.0. The smallest absolute Gasteiger partial charge is 0.242 e. The van der Waals surface area contributed by atoms with Gasteiger partial charge in [-0.3, -0.25) is 0 Å². The van der Waals surface area contributed by atoms with Gasteiger partial charge in [0.2, 0.25) is 10.0 Å². The molecule has 3 N–H and O–H groups in total. The number of hydrogen-bond acceptors (Lipinski definition) is 4. The molecule has 7 heteroatoms. The molecule has 120 valence electrons. The van der Waals surface area contributed by atoms with Crippen LogP contribution in [0.1, 0.15) is 31.9 Å². The Labute approximate surface area is 127 Å². The monoisotopic (exact) mass is 314 g/mol. The summed E-state index contributed by atoms with van der Waals surface area (Å²) in [5.41, 5.74) is 0.896. The number of likely N-dealkylation sites (tertiary alicyclic amines) is 1. The number of H-pyrrole nitrogens is 1. The average molecular weight is 314 g/mol. The minimum absolute atomic E-state index is 0.0442. The highest BCUT2D eigenvalue weighted by atomic mass is 32.2. The van der Waals surface area contributed by atoms with Crippen molar-refractivity contribution in [1.82, 2.24) is 19.9 Å². The van der Waals surface area contributed by atoms with E-state index >= 15 is 0 Å². The van der Waals surface area contributed by atoms with Gasteiger partial charge >= 0.3 is 0 Å². The summed E-state index contributed by atoms with van der Waals surface area (Å²) in [6, 6.07) is 1.75. The van der Waals surface area contributed by atoms with Gasteiger partial charge in [0.25, 0.3) is 0 Å². The quantitative estimate of drug-likeness (QED) is 0.653. The molecule has 2 rings (SSSR count). The number of nitrogens with zero attached hydrogens (tertiary/aromatic N) is 1. The molecule has 0 radical (unpaired) electrons. The lowest BCUT2D eigenvalue weighted by molar-refractivity contribution is 0.248. The number of rotatable bonds is 7. The fourth-order valence-electron chi connectivity index (χ4n) is 2.49. The normalized spacial score (nSPS) is 18.2. The van der Waals surface area contributed by atoms with Crippen LogP contribution in [0.2, 0.25) is 0 Å². The van der Waals surface area contributed by atoms with Gasteiger partial charge in [0.05, 0.1) is 4.90 Å². The van der Waals surface area contributed by atoms with E-state index in [-0.39, 0.29) is 6.04 Å². The third kappa shape index (κ3) is 4.81. The van der Waals surface area contributed by atoms with Gasteiger partial charge in [-0.05, 0) is 52.0 Å². The topological polar surface area (TPSA) is 77.2 Å². The molecule has 0 atom stereocenters. The minimum Gasteiger partial charge on any atom is -0.363 e. The molecule has 1 aliphatic heterocycles. The van der Waals surface area contributed by atoms with E-state index < -0.39 is 10.0 Å². The van der Waals surface area contributed by atoms with E-state index in [0.29, 0.717) is 11.4 Å². The van der Waals surface area contributed by atoms with Gasteiger partial charge in [-0.1, -0.05) is 6.92 Å². The van der Waals surface area contributed by atoms with Crippen molar-refractivity contribution in [3.8, 4) is 0 Å². The van der Waals surface area contributed by atoms with Crippen molar-refractivity contribution in [3.05, 3.63) is 18.0 Å². The highest BCUT2D eigenvalue weighted by Crippen LogP contribution is 2.15. The number of aromatic nitrogens is 1. The van der Waals surface area contributed by atoms with Gasteiger partial charge in [-0.2, -0.15) is 0 Å². The van der Waals surface area contributed by atoms with E-state index in [1.807, 2.05) is 0 Å². The zero-order valence-electron chi connectivity index (χ0n) is 12.9. The fourth-order valence-corrected chi connectivity index (χ4v) is 3.81. The van der Waals surface area contributed by atoms with E-state index in [1.165, 1.54) is 0 Å². The summed E-state index contributed by atoms with van der Waals surface area (Å²) in [6.45, 7) is 5.56. The highest BCUT2D eigenvalue weighted by Gasteiger charge is 2.24. The highest BCUT2D eigenvalue weighted by molar-refractivity contribution is 7.89. The van der Waals surface area contributed by atoms with Gasteiger partial charge in [0.15, 0.2) is 0 Å². The lowest BCUT2D eigenvalue weighted by Gasteiger charge is -2.29. The second-order valence-electron chi connectivity index (χ2n) is 5.74. The first kappa shape index (κ1) is 16.5. The van der Waals surface area contributed by atoms with Crippen molar-refractivity contribution < 1.29 is 8.42 Å². The second-order valence-corrected chi connectivity index (χ2v) is 7.45. The molecule has 21 heavy (non-hydrogen) atoms. The average Bonchev–Trinajstić information content (AvgIpc) is 2.91. The molecule has 1 aromatic rings. The largest absolute Gasteiger partial charge is 0.363 e. The maximum absolute atomic E-state index is 12.4. The Hall–Kier alpha value is -0.890. The van der Waals surface area contributed by atoms with Crippen molar-refractivity contribution in [2.45, 2.75) is 43.7 Å². The Bertz CT molecular complexity index is 533. The van der Waals surface area contributed by atoms with Crippen LogP contribution in [-0.2, 0) is 16.6 Å². The van der Waals surface area contributed by atoms with E-state index in [2.05, 4.69) is 33.9 Å². The molecule has 0 spiro atoms. The molecule has 0 aromatic carbocycles. The van der Waals surface area contributed by atoms with E-state index in [1.54, 1.807) is 12.3 Å². The summed E-state index contributed by atoms with van der Waals surface area (Å²) in [5.74, 6) is 0. The Morgan fingerprint density at radius 2 is 2.10 bits per heavy atom. The number of aromatic amines is 1. The van der Waals surface area contributed by atoms with Gasteiger partial charge in [-0.25, -0.2) is 13.1 Å². The summed E-state index contributed by atoms with van der Waals surface area (Å²) < 4.78 is 27.5. The van der Waals surface area contributed by atoms with E-state index in [9.17, 15) is 8.42 Å². The Morgan fingerprint density at radius 1 is 1.38 bits per heavy atom. The second kappa shape index (κ2) is 7.40. The molecule has 0 amide bonds. The lowest BCUT2D eigenvalue weighted by Crippen LogP contribution is -2.43. The van der Waals surface area contributed by atoms with Crippen molar-refractivity contribution in [3.63, 3.8) is 0 Å². The molecule has 1 aliphatic rings. The first-order valence-electron chi connectivity index (χ1n) is 7.60. The van der Waals surface area contributed by atoms with Gasteiger partial charge in [0, 0.05) is 24.5 Å². The maximum atomic E-state index is 12.4. The predicted molar refractivity (Wildman–Crippen MR) is 83.6 cm³/mol. The van der Waals surface area contributed by atoms with Crippen LogP contribution >= 0.6 is 0 Å². The molecule has 1 aromatic heterocycles. The molecule has 1 saturated heterocycles. The van der Waals surface area contributed by atoms with Crippen LogP contribution in [-0.4, -0.2) is 51.0 Å². The van der Waals surface area contributed by atoms with Crippen LogP contribution in [0.3, 0.4) is 0 Å². The summed E-state index contributed by atoms with van der Waals surface area (Å²) in [6.07, 6.45) is 4.36. The maximum Gasteiger partial charge on any atom is 0.242 e. The molecule has 1 fully saturated rings. The molecule has 2 heterocycles. The minimum atomic E-state index is -3.41. The lowest BCUT2D eigenvalue weighted by atomic mass is 10.1. The molecular formula is C14H26N4O2S. The summed E-state index contributed by atoms with van der Waals surface area (Å²) >= 11 is 0. The van der Waals surface area contributed by atoms with Crippen molar-refractivity contribution in [1.29, 1.82) is 0 Å². The third-order valence-corrected chi connectivity index (χ3v) is 5.31. The predicted octanol–water partition coefficient (Wildman–Crippen LogP) is 0.887. The first-order valence-corrected chi connectivity index (χ1v) is 9.08. The van der Waals surface area contributed by atoms with Gasteiger partial charge < -0.3 is 15.2 Å². The summed E-state index contributed by atoms with van der Waals surface area (Å²) in [5, 5.41) is 3.25. The van der Waals surface area contributed by atoms with Gasteiger partial charge in [-0.15, -0.1) is 0 Å². The van der Waals surface area contributed by atoms with Crippen LogP contribution in [0.4, 0.5) is 0 Å². The fraction of sp³-hybridized carbons (Fsp3) is 0.714. The van der Waals surface area contributed by atoms with Crippen LogP contribution in [0.5, 0.6) is 0 Å².